The lowest BCUT2D eigenvalue weighted by Crippen LogP contribution is -2.52. The number of benzene rings is 2. The maximum absolute atomic E-state index is 14.4. The summed E-state index contributed by atoms with van der Waals surface area (Å²) in [5, 5.41) is 2.75. The van der Waals surface area contributed by atoms with Crippen LogP contribution in [-0.4, -0.2) is 50.0 Å². The zero-order chi connectivity index (χ0) is 24.9. The minimum atomic E-state index is -3.82. The van der Waals surface area contributed by atoms with Gasteiger partial charge in [0.15, 0.2) is 0 Å². The van der Waals surface area contributed by atoms with E-state index in [4.69, 9.17) is 0 Å². The first-order chi connectivity index (χ1) is 15.3. The molecule has 2 rings (SSSR count). The summed E-state index contributed by atoms with van der Waals surface area (Å²) in [4.78, 5) is 27.3. The maximum Gasteiger partial charge on any atom is 0.244 e. The molecule has 0 aliphatic carbocycles. The molecule has 0 aliphatic heterocycles. The summed E-state index contributed by atoms with van der Waals surface area (Å²) < 4.78 is 40.6. The number of anilines is 1. The van der Waals surface area contributed by atoms with Crippen molar-refractivity contribution >= 4 is 27.5 Å². The highest BCUT2D eigenvalue weighted by Gasteiger charge is 2.31. The zero-order valence-electron chi connectivity index (χ0n) is 19.9. The summed E-state index contributed by atoms with van der Waals surface area (Å²) in [5.74, 6) is -1.54. The van der Waals surface area contributed by atoms with Gasteiger partial charge in [-0.1, -0.05) is 35.9 Å². The topological polar surface area (TPSA) is 86.8 Å². The minimum Gasteiger partial charge on any atom is -0.352 e. The molecule has 0 fully saturated rings. The van der Waals surface area contributed by atoms with Gasteiger partial charge in [-0.2, -0.15) is 0 Å². The first kappa shape index (κ1) is 26.3. The van der Waals surface area contributed by atoms with Crippen LogP contribution < -0.4 is 9.62 Å². The highest BCUT2D eigenvalue weighted by Crippen LogP contribution is 2.24. The minimum absolute atomic E-state index is 0.159. The van der Waals surface area contributed by atoms with Crippen molar-refractivity contribution in [1.29, 1.82) is 0 Å². The number of halogens is 1. The standard InChI is InChI=1S/C24H32FN3O4S/c1-16(2)26-24(30)19(5)27(14-20-9-7-8-10-21(20)25)23(29)15-28(33(6,31)32)22-12-11-17(3)13-18(22)4/h7-13,16,19H,14-15H2,1-6H3,(H,26,30)/t19-/m1/s1. The van der Waals surface area contributed by atoms with Crippen LogP contribution in [0, 0.1) is 19.7 Å². The van der Waals surface area contributed by atoms with Gasteiger partial charge in [-0.05, 0) is 52.3 Å². The molecule has 2 amide bonds. The highest BCUT2D eigenvalue weighted by atomic mass is 32.2. The summed E-state index contributed by atoms with van der Waals surface area (Å²) in [6.07, 6.45) is 1.02. The monoisotopic (exact) mass is 477 g/mol. The van der Waals surface area contributed by atoms with Crippen molar-refractivity contribution in [2.45, 2.75) is 53.2 Å². The number of carbonyl (C=O) groups is 2. The van der Waals surface area contributed by atoms with Gasteiger partial charge in [0.2, 0.25) is 21.8 Å². The molecule has 33 heavy (non-hydrogen) atoms. The van der Waals surface area contributed by atoms with Crippen LogP contribution in [0.2, 0.25) is 0 Å². The third kappa shape index (κ3) is 7.02. The number of aryl methyl sites for hydroxylation is 2. The Labute approximate surface area is 195 Å². The number of sulfonamides is 1. The second kappa shape index (κ2) is 10.8. The van der Waals surface area contributed by atoms with E-state index in [1.165, 1.54) is 23.1 Å². The second-order valence-corrected chi connectivity index (χ2v) is 10.4. The van der Waals surface area contributed by atoms with E-state index < -0.39 is 40.2 Å². The van der Waals surface area contributed by atoms with Gasteiger partial charge in [0.05, 0.1) is 11.9 Å². The van der Waals surface area contributed by atoms with E-state index in [9.17, 15) is 22.4 Å². The summed E-state index contributed by atoms with van der Waals surface area (Å²) in [5.41, 5.74) is 2.25. The van der Waals surface area contributed by atoms with Crippen LogP contribution in [0.25, 0.3) is 0 Å². The molecule has 0 saturated carbocycles. The van der Waals surface area contributed by atoms with Crippen molar-refractivity contribution in [3.8, 4) is 0 Å². The summed E-state index contributed by atoms with van der Waals surface area (Å²) in [7, 11) is -3.82. The van der Waals surface area contributed by atoms with E-state index in [-0.39, 0.29) is 18.2 Å². The highest BCUT2D eigenvalue weighted by molar-refractivity contribution is 7.92. The molecular weight excluding hydrogens is 445 g/mol. The van der Waals surface area contributed by atoms with Gasteiger partial charge in [0.25, 0.3) is 0 Å². The van der Waals surface area contributed by atoms with Gasteiger partial charge < -0.3 is 10.2 Å². The van der Waals surface area contributed by atoms with Crippen LogP contribution in [0.5, 0.6) is 0 Å². The summed E-state index contributed by atoms with van der Waals surface area (Å²) >= 11 is 0. The molecule has 1 atom stereocenters. The van der Waals surface area contributed by atoms with E-state index in [0.29, 0.717) is 11.3 Å². The van der Waals surface area contributed by atoms with Crippen LogP contribution in [0.4, 0.5) is 10.1 Å². The third-order valence-electron chi connectivity index (χ3n) is 5.20. The van der Waals surface area contributed by atoms with Crippen molar-refractivity contribution in [2.75, 3.05) is 17.1 Å². The Hall–Kier alpha value is -2.94. The van der Waals surface area contributed by atoms with Crippen LogP contribution in [0.1, 0.15) is 37.5 Å². The lowest BCUT2D eigenvalue weighted by molar-refractivity contribution is -0.139. The predicted octanol–water partition coefficient (Wildman–Crippen LogP) is 3.15. The van der Waals surface area contributed by atoms with Gasteiger partial charge in [-0.15, -0.1) is 0 Å². The van der Waals surface area contributed by atoms with Crippen molar-refractivity contribution in [3.63, 3.8) is 0 Å². The van der Waals surface area contributed by atoms with Crippen molar-refractivity contribution in [1.82, 2.24) is 10.2 Å². The Bertz CT molecular complexity index is 1120. The van der Waals surface area contributed by atoms with Crippen LogP contribution in [-0.2, 0) is 26.2 Å². The second-order valence-electron chi connectivity index (χ2n) is 8.51. The number of carbonyl (C=O) groups excluding carboxylic acids is 2. The Morgan fingerprint density at radius 3 is 2.24 bits per heavy atom. The van der Waals surface area contributed by atoms with E-state index in [1.54, 1.807) is 45.9 Å². The summed E-state index contributed by atoms with van der Waals surface area (Å²) in [6, 6.07) is 10.1. The number of hydrogen-bond donors (Lipinski definition) is 1. The Morgan fingerprint density at radius 2 is 1.70 bits per heavy atom. The molecule has 7 nitrogen and oxygen atoms in total. The van der Waals surface area contributed by atoms with Crippen LogP contribution >= 0.6 is 0 Å². The zero-order valence-corrected chi connectivity index (χ0v) is 20.7. The maximum atomic E-state index is 14.4. The predicted molar refractivity (Wildman–Crippen MR) is 128 cm³/mol. The molecule has 0 saturated heterocycles. The Morgan fingerprint density at radius 1 is 1.06 bits per heavy atom. The molecule has 0 aromatic heterocycles. The molecular formula is C24H32FN3O4S. The first-order valence-electron chi connectivity index (χ1n) is 10.7. The average Bonchev–Trinajstić information content (AvgIpc) is 2.70. The lowest BCUT2D eigenvalue weighted by atomic mass is 10.1. The van der Waals surface area contributed by atoms with Gasteiger partial charge in [0.1, 0.15) is 18.4 Å². The van der Waals surface area contributed by atoms with Gasteiger partial charge in [-0.3, -0.25) is 13.9 Å². The van der Waals surface area contributed by atoms with E-state index >= 15 is 0 Å². The van der Waals surface area contributed by atoms with E-state index in [1.807, 2.05) is 13.0 Å². The van der Waals surface area contributed by atoms with E-state index in [0.717, 1.165) is 16.1 Å². The Kier molecular flexibility index (Phi) is 8.60. The summed E-state index contributed by atoms with van der Waals surface area (Å²) in [6.45, 7) is 8.08. The molecule has 0 bridgehead atoms. The molecule has 2 aromatic rings. The molecule has 0 aliphatic rings. The quantitative estimate of drug-likeness (QED) is 0.601. The molecule has 0 heterocycles. The number of nitrogens with one attached hydrogen (secondary N) is 1. The lowest BCUT2D eigenvalue weighted by Gasteiger charge is -2.32. The fourth-order valence-electron chi connectivity index (χ4n) is 3.48. The molecule has 0 spiro atoms. The fourth-order valence-corrected chi connectivity index (χ4v) is 4.38. The number of hydrogen-bond acceptors (Lipinski definition) is 4. The van der Waals surface area contributed by atoms with Crippen LogP contribution in [0.3, 0.4) is 0 Å². The van der Waals surface area contributed by atoms with Gasteiger partial charge in [0, 0.05) is 18.2 Å². The number of amides is 2. The van der Waals surface area contributed by atoms with Crippen molar-refractivity contribution in [3.05, 3.63) is 65.0 Å². The largest absolute Gasteiger partial charge is 0.352 e. The smallest absolute Gasteiger partial charge is 0.244 e. The van der Waals surface area contributed by atoms with Crippen molar-refractivity contribution in [2.24, 2.45) is 0 Å². The first-order valence-corrected chi connectivity index (χ1v) is 12.5. The third-order valence-corrected chi connectivity index (χ3v) is 6.32. The van der Waals surface area contributed by atoms with Crippen molar-refractivity contribution < 1.29 is 22.4 Å². The Balaban J connectivity index is 2.44. The van der Waals surface area contributed by atoms with Gasteiger partial charge in [-0.25, -0.2) is 12.8 Å². The molecule has 1 N–H and O–H groups in total. The molecule has 9 heteroatoms. The normalized spacial score (nSPS) is 12.4. The molecule has 2 aromatic carbocycles. The molecule has 0 radical (unpaired) electrons. The van der Waals surface area contributed by atoms with E-state index in [2.05, 4.69) is 5.32 Å². The number of rotatable bonds is 9. The average molecular weight is 478 g/mol. The molecule has 180 valence electrons. The fraction of sp³-hybridized carbons (Fsp3) is 0.417. The molecule has 0 unspecified atom stereocenters. The SMILES string of the molecule is Cc1ccc(N(CC(=O)N(Cc2ccccc2F)[C@H](C)C(=O)NC(C)C)S(C)(=O)=O)c(C)c1. The van der Waals surface area contributed by atoms with Crippen LogP contribution in [0.15, 0.2) is 42.5 Å². The van der Waals surface area contributed by atoms with Gasteiger partial charge >= 0.3 is 0 Å². The number of nitrogens with zero attached hydrogens (tertiary/aromatic N) is 2.